The van der Waals surface area contributed by atoms with Crippen molar-refractivity contribution in [1.29, 1.82) is 0 Å². The van der Waals surface area contributed by atoms with E-state index < -0.39 is 0 Å². The van der Waals surface area contributed by atoms with Gasteiger partial charge in [0.25, 0.3) is 0 Å². The van der Waals surface area contributed by atoms with Crippen LogP contribution in [0.15, 0.2) is 24.3 Å². The van der Waals surface area contributed by atoms with Gasteiger partial charge in [-0.1, -0.05) is 12.8 Å². The van der Waals surface area contributed by atoms with Gasteiger partial charge in [0.15, 0.2) is 5.11 Å². The third-order valence-electron chi connectivity index (χ3n) is 6.10. The van der Waals surface area contributed by atoms with Gasteiger partial charge < -0.3 is 20.4 Å². The SMILES string of the molecule is Cc1cc(N2CCCC2)nc2ccc(NC(=S)NCCN3CCCCCC3)cc12. The molecule has 3 heterocycles. The molecular formula is C23H33N5S. The summed E-state index contributed by atoms with van der Waals surface area (Å²) in [5, 5.41) is 8.59. The van der Waals surface area contributed by atoms with Crippen LogP contribution in [-0.4, -0.2) is 54.3 Å². The Hall–Kier alpha value is -1.92. The zero-order chi connectivity index (χ0) is 20.1. The number of nitrogens with zero attached hydrogens (tertiary/aromatic N) is 3. The standard InChI is InChI=1S/C23H33N5S/c1-18-16-22(28-13-6-7-14-28)26-21-9-8-19(17-20(18)21)25-23(29)24-10-15-27-11-4-2-3-5-12-27/h8-9,16-17H,2-7,10-15H2,1H3,(H2,24,25,29). The molecule has 0 radical (unpaired) electrons. The third-order valence-corrected chi connectivity index (χ3v) is 6.35. The van der Waals surface area contributed by atoms with E-state index in [1.807, 2.05) is 0 Å². The average molecular weight is 412 g/mol. The number of benzene rings is 1. The topological polar surface area (TPSA) is 43.4 Å². The van der Waals surface area contributed by atoms with Crippen molar-refractivity contribution < 1.29 is 0 Å². The largest absolute Gasteiger partial charge is 0.361 e. The lowest BCUT2D eigenvalue weighted by Gasteiger charge is -2.20. The molecule has 2 N–H and O–H groups in total. The van der Waals surface area contributed by atoms with E-state index in [-0.39, 0.29) is 0 Å². The molecule has 0 spiro atoms. The monoisotopic (exact) mass is 411 g/mol. The van der Waals surface area contributed by atoms with Gasteiger partial charge in [-0.3, -0.25) is 0 Å². The van der Waals surface area contributed by atoms with Crippen LogP contribution < -0.4 is 15.5 Å². The Morgan fingerprint density at radius 1 is 1.00 bits per heavy atom. The number of aromatic nitrogens is 1. The van der Waals surface area contributed by atoms with Crippen molar-refractivity contribution in [2.75, 3.05) is 49.5 Å². The molecule has 156 valence electrons. The first-order chi connectivity index (χ1) is 14.2. The number of rotatable bonds is 5. The predicted molar refractivity (Wildman–Crippen MR) is 127 cm³/mol. The van der Waals surface area contributed by atoms with Crippen molar-refractivity contribution in [3.8, 4) is 0 Å². The summed E-state index contributed by atoms with van der Waals surface area (Å²) in [5.74, 6) is 1.11. The molecule has 2 fully saturated rings. The molecule has 5 nitrogen and oxygen atoms in total. The van der Waals surface area contributed by atoms with E-state index in [1.165, 1.54) is 62.6 Å². The number of aryl methyl sites for hydroxylation is 1. The fraction of sp³-hybridized carbons (Fsp3) is 0.565. The maximum Gasteiger partial charge on any atom is 0.170 e. The molecule has 4 rings (SSSR count). The van der Waals surface area contributed by atoms with E-state index in [2.05, 4.69) is 51.6 Å². The fourth-order valence-corrected chi connectivity index (χ4v) is 4.64. The number of pyridine rings is 1. The van der Waals surface area contributed by atoms with Gasteiger partial charge in [-0.05, 0) is 87.7 Å². The molecule has 1 aromatic heterocycles. The summed E-state index contributed by atoms with van der Waals surface area (Å²) in [5.41, 5.74) is 3.33. The molecule has 6 heteroatoms. The summed E-state index contributed by atoms with van der Waals surface area (Å²) >= 11 is 5.52. The van der Waals surface area contributed by atoms with E-state index in [4.69, 9.17) is 17.2 Å². The summed E-state index contributed by atoms with van der Waals surface area (Å²) in [7, 11) is 0. The Kier molecular flexibility index (Phi) is 6.82. The van der Waals surface area contributed by atoms with Gasteiger partial charge in [0.2, 0.25) is 0 Å². The van der Waals surface area contributed by atoms with Gasteiger partial charge in [0.1, 0.15) is 5.82 Å². The van der Waals surface area contributed by atoms with E-state index in [1.54, 1.807) is 0 Å². The highest BCUT2D eigenvalue weighted by atomic mass is 32.1. The number of hydrogen-bond donors (Lipinski definition) is 2. The van der Waals surface area contributed by atoms with Crippen LogP contribution in [-0.2, 0) is 0 Å². The summed E-state index contributed by atoms with van der Waals surface area (Å²) in [6, 6.07) is 8.55. The van der Waals surface area contributed by atoms with Crippen molar-refractivity contribution in [2.45, 2.75) is 45.4 Å². The highest BCUT2D eigenvalue weighted by Gasteiger charge is 2.15. The first kappa shape index (κ1) is 20.4. The number of hydrogen-bond acceptors (Lipinski definition) is 4. The second-order valence-corrected chi connectivity index (χ2v) is 8.77. The Bertz CT molecular complexity index is 839. The minimum Gasteiger partial charge on any atom is -0.361 e. The molecule has 0 saturated carbocycles. The lowest BCUT2D eigenvalue weighted by atomic mass is 10.1. The molecule has 0 aliphatic carbocycles. The maximum absolute atomic E-state index is 5.52. The molecule has 2 saturated heterocycles. The van der Waals surface area contributed by atoms with Gasteiger partial charge in [0.05, 0.1) is 5.52 Å². The summed E-state index contributed by atoms with van der Waals surface area (Å²) < 4.78 is 0. The van der Waals surface area contributed by atoms with Gasteiger partial charge in [0, 0.05) is 37.3 Å². The predicted octanol–water partition coefficient (Wildman–Crippen LogP) is 4.31. The Morgan fingerprint density at radius 3 is 2.48 bits per heavy atom. The van der Waals surface area contributed by atoms with Crippen molar-refractivity contribution >= 4 is 39.7 Å². The lowest BCUT2D eigenvalue weighted by molar-refractivity contribution is 0.289. The van der Waals surface area contributed by atoms with Crippen LogP contribution in [0.1, 0.15) is 44.1 Å². The molecule has 0 unspecified atom stereocenters. The van der Waals surface area contributed by atoms with Crippen LogP contribution in [0, 0.1) is 6.92 Å². The minimum atomic E-state index is 0.693. The molecule has 0 amide bonds. The highest BCUT2D eigenvalue weighted by molar-refractivity contribution is 7.80. The van der Waals surface area contributed by atoms with Crippen molar-refractivity contribution in [2.24, 2.45) is 0 Å². The zero-order valence-corrected chi connectivity index (χ0v) is 18.4. The summed E-state index contributed by atoms with van der Waals surface area (Å²) in [6.45, 7) is 8.80. The second-order valence-electron chi connectivity index (χ2n) is 8.36. The quantitative estimate of drug-likeness (QED) is 0.715. The molecule has 0 atom stereocenters. The van der Waals surface area contributed by atoms with Crippen molar-refractivity contribution in [3.63, 3.8) is 0 Å². The second kappa shape index (κ2) is 9.72. The smallest absolute Gasteiger partial charge is 0.170 e. The van der Waals surface area contributed by atoms with Crippen molar-refractivity contribution in [3.05, 3.63) is 29.8 Å². The number of anilines is 2. The van der Waals surface area contributed by atoms with Gasteiger partial charge in [-0.2, -0.15) is 0 Å². The third kappa shape index (κ3) is 5.37. The van der Waals surface area contributed by atoms with E-state index >= 15 is 0 Å². The maximum atomic E-state index is 5.52. The number of likely N-dealkylation sites (tertiary alicyclic amines) is 1. The Morgan fingerprint density at radius 2 is 1.72 bits per heavy atom. The van der Waals surface area contributed by atoms with Gasteiger partial charge in [-0.25, -0.2) is 4.98 Å². The molecule has 1 aromatic carbocycles. The van der Waals surface area contributed by atoms with Crippen LogP contribution in [0.25, 0.3) is 10.9 Å². The fourth-order valence-electron chi connectivity index (χ4n) is 4.43. The number of nitrogens with one attached hydrogen (secondary N) is 2. The molecule has 2 aromatic rings. The lowest BCUT2D eigenvalue weighted by Crippen LogP contribution is -2.37. The Balaban J connectivity index is 1.34. The molecule has 0 bridgehead atoms. The van der Waals surface area contributed by atoms with Crippen LogP contribution in [0.2, 0.25) is 0 Å². The summed E-state index contributed by atoms with van der Waals surface area (Å²) in [4.78, 5) is 9.83. The van der Waals surface area contributed by atoms with E-state index in [0.29, 0.717) is 5.11 Å². The number of fused-ring (bicyclic) bond motifs is 1. The molecular weight excluding hydrogens is 378 g/mol. The van der Waals surface area contributed by atoms with Gasteiger partial charge in [-0.15, -0.1) is 0 Å². The number of thiocarbonyl (C=S) groups is 1. The average Bonchev–Trinajstić information content (AvgIpc) is 3.13. The van der Waals surface area contributed by atoms with Crippen LogP contribution in [0.4, 0.5) is 11.5 Å². The minimum absolute atomic E-state index is 0.693. The summed E-state index contributed by atoms with van der Waals surface area (Å²) in [6.07, 6.45) is 7.94. The van der Waals surface area contributed by atoms with Gasteiger partial charge >= 0.3 is 0 Å². The molecule has 29 heavy (non-hydrogen) atoms. The first-order valence-electron chi connectivity index (χ1n) is 11.1. The highest BCUT2D eigenvalue weighted by Crippen LogP contribution is 2.27. The van der Waals surface area contributed by atoms with Crippen LogP contribution >= 0.6 is 12.2 Å². The zero-order valence-electron chi connectivity index (χ0n) is 17.5. The van der Waals surface area contributed by atoms with E-state index in [9.17, 15) is 0 Å². The molecule has 2 aliphatic heterocycles. The van der Waals surface area contributed by atoms with Crippen LogP contribution in [0.5, 0.6) is 0 Å². The van der Waals surface area contributed by atoms with Crippen molar-refractivity contribution in [1.82, 2.24) is 15.2 Å². The normalized spacial score (nSPS) is 18.0. The molecule has 2 aliphatic rings. The van der Waals surface area contributed by atoms with E-state index in [0.717, 1.165) is 43.2 Å². The first-order valence-corrected chi connectivity index (χ1v) is 11.5. The van der Waals surface area contributed by atoms with Crippen LogP contribution in [0.3, 0.4) is 0 Å². The Labute approximate surface area is 179 Å².